The molecule has 0 bridgehead atoms. The second kappa shape index (κ2) is 4.52. The van der Waals surface area contributed by atoms with Gasteiger partial charge in [0.15, 0.2) is 0 Å². The Morgan fingerprint density at radius 2 is 2.25 bits per heavy atom. The smallest absolute Gasteiger partial charge is 0.221 e. The third-order valence-electron chi connectivity index (χ3n) is 3.02. The first-order chi connectivity index (χ1) is 7.68. The van der Waals surface area contributed by atoms with E-state index in [4.69, 9.17) is 0 Å². The molecule has 1 aliphatic carbocycles. The van der Waals surface area contributed by atoms with Crippen LogP contribution in [0.5, 0.6) is 0 Å². The second-order valence-corrected chi connectivity index (χ2v) is 4.33. The Hall–Kier alpha value is -1.57. The zero-order chi connectivity index (χ0) is 11.5. The fourth-order valence-electron chi connectivity index (χ4n) is 2.24. The summed E-state index contributed by atoms with van der Waals surface area (Å²) in [6.07, 6.45) is 6.73. The number of allylic oxidation sites excluding steroid dienone is 2. The van der Waals surface area contributed by atoms with Crippen molar-refractivity contribution in [2.75, 3.05) is 5.32 Å². The molecule has 84 valence electrons. The van der Waals surface area contributed by atoms with Crippen molar-refractivity contribution in [2.24, 2.45) is 0 Å². The Morgan fingerprint density at radius 3 is 2.88 bits per heavy atom. The maximum atomic E-state index is 11.2. The van der Waals surface area contributed by atoms with Crippen LogP contribution >= 0.6 is 0 Å². The van der Waals surface area contributed by atoms with Crippen molar-refractivity contribution in [1.29, 1.82) is 0 Å². The lowest BCUT2D eigenvalue weighted by Gasteiger charge is -2.16. The van der Waals surface area contributed by atoms with E-state index >= 15 is 0 Å². The molecular weight excluding hydrogens is 198 g/mol. The van der Waals surface area contributed by atoms with Gasteiger partial charge in [0, 0.05) is 18.5 Å². The Bertz CT molecular complexity index is 434. The van der Waals surface area contributed by atoms with E-state index in [1.54, 1.807) is 6.92 Å². The van der Waals surface area contributed by atoms with E-state index in [1.165, 1.54) is 5.56 Å². The van der Waals surface area contributed by atoms with E-state index in [-0.39, 0.29) is 5.91 Å². The summed E-state index contributed by atoms with van der Waals surface area (Å²) >= 11 is 0. The van der Waals surface area contributed by atoms with Crippen molar-refractivity contribution in [3.05, 3.63) is 41.5 Å². The molecule has 0 spiro atoms. The number of aryl methyl sites for hydroxylation is 1. The van der Waals surface area contributed by atoms with Gasteiger partial charge < -0.3 is 5.32 Å². The monoisotopic (exact) mass is 215 g/mol. The van der Waals surface area contributed by atoms with Crippen molar-refractivity contribution in [2.45, 2.75) is 32.6 Å². The molecule has 0 aromatic heterocycles. The normalized spacial score (nSPS) is 18.8. The minimum atomic E-state index is -0.00229. The number of carbonyl (C=O) groups is 1. The molecule has 2 nitrogen and oxygen atoms in total. The molecule has 0 saturated heterocycles. The standard InChI is InChI=1S/C14H17NO/c1-10-6-5-9-13(12-7-3-4-8-12)14(10)15-11(2)16/h3,5-7,9,12H,4,8H2,1-2H3,(H,15,16). The number of amides is 1. The quantitative estimate of drug-likeness (QED) is 0.753. The van der Waals surface area contributed by atoms with Gasteiger partial charge >= 0.3 is 0 Å². The van der Waals surface area contributed by atoms with Crippen LogP contribution < -0.4 is 5.32 Å². The van der Waals surface area contributed by atoms with E-state index in [0.717, 1.165) is 24.1 Å². The Morgan fingerprint density at radius 1 is 1.44 bits per heavy atom. The molecule has 2 rings (SSSR count). The summed E-state index contributed by atoms with van der Waals surface area (Å²) in [5.74, 6) is 0.458. The van der Waals surface area contributed by atoms with Crippen molar-refractivity contribution >= 4 is 11.6 Å². The highest BCUT2D eigenvalue weighted by Crippen LogP contribution is 2.34. The lowest BCUT2D eigenvalue weighted by Crippen LogP contribution is -2.10. The highest BCUT2D eigenvalue weighted by Gasteiger charge is 2.17. The number of hydrogen-bond acceptors (Lipinski definition) is 1. The summed E-state index contributed by atoms with van der Waals surface area (Å²) in [4.78, 5) is 11.2. The van der Waals surface area contributed by atoms with Crippen LogP contribution in [0.15, 0.2) is 30.4 Å². The summed E-state index contributed by atoms with van der Waals surface area (Å²) in [5.41, 5.74) is 3.36. The van der Waals surface area contributed by atoms with E-state index < -0.39 is 0 Å². The molecule has 1 N–H and O–H groups in total. The van der Waals surface area contributed by atoms with Gasteiger partial charge in [-0.05, 0) is 30.9 Å². The molecule has 1 atom stereocenters. The van der Waals surface area contributed by atoms with Crippen LogP contribution in [0.2, 0.25) is 0 Å². The summed E-state index contributed by atoms with van der Waals surface area (Å²) in [7, 11) is 0. The van der Waals surface area contributed by atoms with Crippen LogP contribution in [0.1, 0.15) is 36.8 Å². The molecule has 1 aromatic carbocycles. The van der Waals surface area contributed by atoms with Gasteiger partial charge in [-0.1, -0.05) is 30.4 Å². The van der Waals surface area contributed by atoms with Gasteiger partial charge in [0.2, 0.25) is 5.91 Å². The average Bonchev–Trinajstić information content (AvgIpc) is 2.73. The minimum Gasteiger partial charge on any atom is -0.326 e. The molecule has 1 amide bonds. The van der Waals surface area contributed by atoms with Gasteiger partial charge in [-0.15, -0.1) is 0 Å². The average molecular weight is 215 g/mol. The van der Waals surface area contributed by atoms with Gasteiger partial charge in [0.25, 0.3) is 0 Å². The third kappa shape index (κ3) is 2.16. The van der Waals surface area contributed by atoms with Crippen LogP contribution in [0.3, 0.4) is 0 Å². The fraction of sp³-hybridized carbons (Fsp3) is 0.357. The largest absolute Gasteiger partial charge is 0.326 e. The van der Waals surface area contributed by atoms with Gasteiger partial charge in [0.05, 0.1) is 0 Å². The number of para-hydroxylation sites is 1. The van der Waals surface area contributed by atoms with Crippen molar-refractivity contribution in [1.82, 2.24) is 0 Å². The van der Waals surface area contributed by atoms with E-state index in [1.807, 2.05) is 13.0 Å². The first-order valence-electron chi connectivity index (χ1n) is 5.72. The fourth-order valence-corrected chi connectivity index (χ4v) is 2.24. The summed E-state index contributed by atoms with van der Waals surface area (Å²) in [6, 6.07) is 6.20. The Balaban J connectivity index is 2.38. The molecule has 0 radical (unpaired) electrons. The van der Waals surface area contributed by atoms with E-state index in [9.17, 15) is 4.79 Å². The molecule has 1 unspecified atom stereocenters. The number of benzene rings is 1. The summed E-state index contributed by atoms with van der Waals surface area (Å²) < 4.78 is 0. The van der Waals surface area contributed by atoms with Crippen LogP contribution in [-0.2, 0) is 4.79 Å². The van der Waals surface area contributed by atoms with E-state index in [2.05, 4.69) is 29.6 Å². The predicted molar refractivity (Wildman–Crippen MR) is 66.6 cm³/mol. The number of hydrogen-bond donors (Lipinski definition) is 1. The second-order valence-electron chi connectivity index (χ2n) is 4.33. The van der Waals surface area contributed by atoms with Crippen LogP contribution in [0.25, 0.3) is 0 Å². The summed E-state index contributed by atoms with van der Waals surface area (Å²) in [5, 5.41) is 2.95. The van der Waals surface area contributed by atoms with Crippen molar-refractivity contribution in [3.63, 3.8) is 0 Å². The Labute approximate surface area is 96.4 Å². The molecule has 0 fully saturated rings. The molecule has 2 heteroatoms. The number of nitrogens with one attached hydrogen (secondary N) is 1. The van der Waals surface area contributed by atoms with Crippen LogP contribution in [0.4, 0.5) is 5.69 Å². The molecule has 1 aliphatic rings. The highest BCUT2D eigenvalue weighted by molar-refractivity contribution is 5.90. The van der Waals surface area contributed by atoms with Gasteiger partial charge in [0.1, 0.15) is 0 Å². The van der Waals surface area contributed by atoms with Gasteiger partial charge in [-0.2, -0.15) is 0 Å². The lowest BCUT2D eigenvalue weighted by atomic mass is 9.94. The molecule has 0 saturated carbocycles. The maximum Gasteiger partial charge on any atom is 0.221 e. The minimum absolute atomic E-state index is 0.00229. The molecule has 16 heavy (non-hydrogen) atoms. The number of rotatable bonds is 2. The first kappa shape index (κ1) is 10.9. The number of anilines is 1. The van der Waals surface area contributed by atoms with Crippen molar-refractivity contribution < 1.29 is 4.79 Å². The first-order valence-corrected chi connectivity index (χ1v) is 5.72. The lowest BCUT2D eigenvalue weighted by molar-refractivity contribution is -0.114. The highest BCUT2D eigenvalue weighted by atomic mass is 16.1. The van der Waals surface area contributed by atoms with Crippen LogP contribution in [0, 0.1) is 6.92 Å². The Kier molecular flexibility index (Phi) is 3.09. The van der Waals surface area contributed by atoms with Gasteiger partial charge in [-0.3, -0.25) is 4.79 Å². The zero-order valence-corrected chi connectivity index (χ0v) is 9.79. The van der Waals surface area contributed by atoms with Crippen LogP contribution in [-0.4, -0.2) is 5.91 Å². The van der Waals surface area contributed by atoms with E-state index in [0.29, 0.717) is 5.92 Å². The van der Waals surface area contributed by atoms with Gasteiger partial charge in [-0.25, -0.2) is 0 Å². The predicted octanol–water partition coefficient (Wildman–Crippen LogP) is 3.39. The zero-order valence-electron chi connectivity index (χ0n) is 9.79. The third-order valence-corrected chi connectivity index (χ3v) is 3.02. The topological polar surface area (TPSA) is 29.1 Å². The summed E-state index contributed by atoms with van der Waals surface area (Å²) in [6.45, 7) is 3.59. The SMILES string of the molecule is CC(=O)Nc1c(C)cccc1C1C=CCC1. The number of carbonyl (C=O) groups excluding carboxylic acids is 1. The molecular formula is C14H17NO. The maximum absolute atomic E-state index is 11.2. The molecule has 0 aliphatic heterocycles. The molecule has 1 aromatic rings. The van der Waals surface area contributed by atoms with Crippen molar-refractivity contribution in [3.8, 4) is 0 Å². The molecule has 0 heterocycles.